The number of carbonyl (C=O) groups is 3. The molecule has 1 aliphatic rings. The molecular weight excluding hydrogens is 286 g/mol. The van der Waals surface area contributed by atoms with Crippen LogP contribution in [0, 0.1) is 0 Å². The van der Waals surface area contributed by atoms with Crippen LogP contribution in [0.4, 0.5) is 5.69 Å². The number of hydrogen-bond acceptors (Lipinski definition) is 5. The molecule has 20 heavy (non-hydrogen) atoms. The summed E-state index contributed by atoms with van der Waals surface area (Å²) in [5.74, 6) is -3.51. The normalized spacial score (nSPS) is 14.9. The van der Waals surface area contributed by atoms with Crippen molar-refractivity contribution in [2.24, 2.45) is 0 Å². The number of carbonyl (C=O) groups excluding carboxylic acids is 2. The molecule has 0 radical (unpaired) electrons. The van der Waals surface area contributed by atoms with Gasteiger partial charge in [-0.15, -0.1) is 0 Å². The molecule has 0 bridgehead atoms. The summed E-state index contributed by atoms with van der Waals surface area (Å²) in [6.07, 6.45) is 2.22. The summed E-state index contributed by atoms with van der Waals surface area (Å²) in [6.45, 7) is 0. The second kappa shape index (κ2) is 4.89. The number of carboxylic acid groups (broad SMARTS) is 1. The van der Waals surface area contributed by atoms with Crippen LogP contribution in [0.3, 0.4) is 0 Å². The lowest BCUT2D eigenvalue weighted by Crippen LogP contribution is -2.29. The molecule has 0 aliphatic carbocycles. The second-order valence-electron chi connectivity index (χ2n) is 3.99. The highest BCUT2D eigenvalue weighted by molar-refractivity contribution is 7.92. The molecule has 1 aliphatic heterocycles. The molecule has 2 rings (SSSR count). The standard InChI is InChI=1S/C12H9NO6S/c14-10-5-6-11(15)13(10)8-1-3-9(4-2-8)20(18,19)7-12(16)17/h1-6H,7H2,(H,16,17). The van der Waals surface area contributed by atoms with Gasteiger partial charge in [0.25, 0.3) is 11.8 Å². The number of nitrogens with zero attached hydrogens (tertiary/aromatic N) is 1. The molecule has 1 aromatic carbocycles. The van der Waals surface area contributed by atoms with Crippen molar-refractivity contribution in [3.8, 4) is 0 Å². The Balaban J connectivity index is 2.30. The molecule has 8 heteroatoms. The van der Waals surface area contributed by atoms with Gasteiger partial charge in [-0.05, 0) is 24.3 Å². The Morgan fingerprint density at radius 3 is 2.00 bits per heavy atom. The number of amides is 2. The molecule has 1 N–H and O–H groups in total. The van der Waals surface area contributed by atoms with Crippen LogP contribution < -0.4 is 4.90 Å². The van der Waals surface area contributed by atoms with Gasteiger partial charge in [-0.3, -0.25) is 14.4 Å². The molecular formula is C12H9NO6S. The Labute approximate surface area is 114 Å². The van der Waals surface area contributed by atoms with Crippen molar-refractivity contribution in [3.63, 3.8) is 0 Å². The summed E-state index contributed by atoms with van der Waals surface area (Å²) < 4.78 is 23.3. The van der Waals surface area contributed by atoms with Crippen LogP contribution in [-0.2, 0) is 24.2 Å². The van der Waals surface area contributed by atoms with E-state index in [1.54, 1.807) is 0 Å². The van der Waals surface area contributed by atoms with Crippen molar-refractivity contribution in [2.45, 2.75) is 4.90 Å². The van der Waals surface area contributed by atoms with Crippen molar-refractivity contribution < 1.29 is 27.9 Å². The van der Waals surface area contributed by atoms with Crippen LogP contribution in [0.5, 0.6) is 0 Å². The van der Waals surface area contributed by atoms with Gasteiger partial charge in [0.15, 0.2) is 15.6 Å². The minimum Gasteiger partial charge on any atom is -0.480 e. The summed E-state index contributed by atoms with van der Waals surface area (Å²) in [4.78, 5) is 34.0. The van der Waals surface area contributed by atoms with Gasteiger partial charge in [-0.2, -0.15) is 0 Å². The van der Waals surface area contributed by atoms with E-state index >= 15 is 0 Å². The largest absolute Gasteiger partial charge is 0.480 e. The van der Waals surface area contributed by atoms with Gasteiger partial charge in [0, 0.05) is 12.2 Å². The highest BCUT2D eigenvalue weighted by Crippen LogP contribution is 2.21. The van der Waals surface area contributed by atoms with E-state index in [0.717, 1.165) is 29.2 Å². The van der Waals surface area contributed by atoms with Crippen molar-refractivity contribution in [1.82, 2.24) is 0 Å². The first-order valence-corrected chi connectivity index (χ1v) is 7.07. The summed E-state index contributed by atoms with van der Waals surface area (Å²) in [6, 6.07) is 4.87. The van der Waals surface area contributed by atoms with Crippen molar-refractivity contribution in [1.29, 1.82) is 0 Å². The number of benzene rings is 1. The van der Waals surface area contributed by atoms with E-state index < -0.39 is 33.4 Å². The number of hydrogen-bond donors (Lipinski definition) is 1. The molecule has 104 valence electrons. The molecule has 0 aromatic heterocycles. The maximum atomic E-state index is 11.7. The first kappa shape index (κ1) is 13.9. The molecule has 1 aromatic rings. The number of sulfone groups is 1. The third kappa shape index (κ3) is 2.59. The Bertz CT molecular complexity index is 699. The highest BCUT2D eigenvalue weighted by atomic mass is 32.2. The molecule has 0 saturated carbocycles. The molecule has 2 amide bonds. The lowest BCUT2D eigenvalue weighted by atomic mass is 10.3. The lowest BCUT2D eigenvalue weighted by molar-refractivity contribution is -0.134. The zero-order chi connectivity index (χ0) is 14.9. The third-order valence-electron chi connectivity index (χ3n) is 2.58. The van der Waals surface area contributed by atoms with Gasteiger partial charge in [0.1, 0.15) is 0 Å². The van der Waals surface area contributed by atoms with E-state index in [1.807, 2.05) is 0 Å². The van der Waals surface area contributed by atoms with Crippen LogP contribution in [0.2, 0.25) is 0 Å². The van der Waals surface area contributed by atoms with Gasteiger partial charge in [0.2, 0.25) is 0 Å². The van der Waals surface area contributed by atoms with E-state index in [2.05, 4.69) is 0 Å². The quantitative estimate of drug-likeness (QED) is 0.781. The third-order valence-corrected chi connectivity index (χ3v) is 4.19. The average molecular weight is 295 g/mol. The Kier molecular flexibility index (Phi) is 3.41. The van der Waals surface area contributed by atoms with Crippen LogP contribution in [-0.4, -0.2) is 37.1 Å². The maximum Gasteiger partial charge on any atom is 0.319 e. The van der Waals surface area contributed by atoms with Crippen LogP contribution in [0.15, 0.2) is 41.3 Å². The van der Waals surface area contributed by atoms with E-state index in [9.17, 15) is 22.8 Å². The fourth-order valence-electron chi connectivity index (χ4n) is 1.70. The predicted octanol–water partition coefficient (Wildman–Crippen LogP) is -0.0257. The minimum absolute atomic E-state index is 0.185. The molecule has 0 atom stereocenters. The van der Waals surface area contributed by atoms with Crippen LogP contribution in [0.1, 0.15) is 0 Å². The first-order chi connectivity index (χ1) is 9.31. The molecule has 1 heterocycles. The summed E-state index contributed by atoms with van der Waals surface area (Å²) in [5.41, 5.74) is 0.222. The number of aliphatic carboxylic acids is 1. The number of anilines is 1. The first-order valence-electron chi connectivity index (χ1n) is 5.42. The van der Waals surface area contributed by atoms with Gasteiger partial charge in [-0.1, -0.05) is 0 Å². The fraction of sp³-hybridized carbons (Fsp3) is 0.0833. The highest BCUT2D eigenvalue weighted by Gasteiger charge is 2.26. The maximum absolute atomic E-state index is 11.7. The number of rotatable bonds is 4. The van der Waals surface area contributed by atoms with E-state index in [1.165, 1.54) is 12.1 Å². The Morgan fingerprint density at radius 1 is 1.05 bits per heavy atom. The lowest BCUT2D eigenvalue weighted by Gasteiger charge is -2.14. The van der Waals surface area contributed by atoms with Crippen LogP contribution in [0.25, 0.3) is 0 Å². The number of carboxylic acids is 1. The van der Waals surface area contributed by atoms with Gasteiger partial charge >= 0.3 is 5.97 Å². The number of imide groups is 1. The Hall–Kier alpha value is -2.48. The van der Waals surface area contributed by atoms with Crippen LogP contribution >= 0.6 is 0 Å². The molecule has 0 unspecified atom stereocenters. The van der Waals surface area contributed by atoms with E-state index in [0.29, 0.717) is 0 Å². The van der Waals surface area contributed by atoms with Gasteiger partial charge in [0.05, 0.1) is 10.6 Å². The summed E-state index contributed by atoms with van der Waals surface area (Å²) in [7, 11) is -3.93. The summed E-state index contributed by atoms with van der Waals surface area (Å²) >= 11 is 0. The van der Waals surface area contributed by atoms with Crippen molar-refractivity contribution in [2.75, 3.05) is 10.7 Å². The van der Waals surface area contributed by atoms with E-state index in [4.69, 9.17) is 5.11 Å². The fourth-order valence-corrected chi connectivity index (χ4v) is 2.75. The topological polar surface area (TPSA) is 109 Å². The summed E-state index contributed by atoms with van der Waals surface area (Å²) in [5, 5.41) is 8.52. The SMILES string of the molecule is O=C(O)CS(=O)(=O)c1ccc(N2C(=O)C=CC2=O)cc1. The smallest absolute Gasteiger partial charge is 0.319 e. The van der Waals surface area contributed by atoms with Gasteiger partial charge in [-0.25, -0.2) is 13.3 Å². The minimum atomic E-state index is -3.93. The zero-order valence-corrected chi connectivity index (χ0v) is 10.8. The second-order valence-corrected chi connectivity index (χ2v) is 5.98. The van der Waals surface area contributed by atoms with E-state index in [-0.39, 0.29) is 10.6 Å². The molecule has 0 spiro atoms. The predicted molar refractivity (Wildman–Crippen MR) is 67.8 cm³/mol. The monoisotopic (exact) mass is 295 g/mol. The molecule has 0 fully saturated rings. The average Bonchev–Trinajstić information content (AvgIpc) is 2.68. The van der Waals surface area contributed by atoms with Gasteiger partial charge < -0.3 is 5.11 Å². The molecule has 0 saturated heterocycles. The van der Waals surface area contributed by atoms with Crippen molar-refractivity contribution >= 4 is 33.3 Å². The zero-order valence-electron chi connectivity index (χ0n) is 10.0. The Morgan fingerprint density at radius 2 is 1.55 bits per heavy atom. The molecule has 7 nitrogen and oxygen atoms in total. The van der Waals surface area contributed by atoms with Crippen molar-refractivity contribution in [3.05, 3.63) is 36.4 Å².